The molecule has 3 aromatic rings. The summed E-state index contributed by atoms with van der Waals surface area (Å²) >= 11 is 0. The molecule has 1 aromatic carbocycles. The quantitative estimate of drug-likeness (QED) is 0.715. The third-order valence-electron chi connectivity index (χ3n) is 5.19. The topological polar surface area (TPSA) is 69.2 Å². The molecule has 25 heavy (non-hydrogen) atoms. The van der Waals surface area contributed by atoms with E-state index in [0.29, 0.717) is 18.5 Å². The molecule has 7 nitrogen and oxygen atoms in total. The predicted molar refractivity (Wildman–Crippen MR) is 92.6 cm³/mol. The van der Waals surface area contributed by atoms with Crippen LogP contribution < -0.4 is 4.90 Å². The largest absolute Gasteiger partial charge is 0.423 e. The van der Waals surface area contributed by atoms with E-state index in [2.05, 4.69) is 31.6 Å². The van der Waals surface area contributed by atoms with Crippen LogP contribution in [0.2, 0.25) is 0 Å². The van der Waals surface area contributed by atoms with E-state index < -0.39 is 0 Å². The summed E-state index contributed by atoms with van der Waals surface area (Å²) in [7, 11) is 0. The summed E-state index contributed by atoms with van der Waals surface area (Å²) < 4.78 is 13.7. The third-order valence-corrected chi connectivity index (χ3v) is 5.19. The lowest BCUT2D eigenvalue weighted by Gasteiger charge is -2.33. The zero-order valence-electron chi connectivity index (χ0n) is 14.3. The van der Waals surface area contributed by atoms with Gasteiger partial charge < -0.3 is 18.6 Å². The smallest absolute Gasteiger partial charge is 0.298 e. The van der Waals surface area contributed by atoms with Crippen LogP contribution in [0.1, 0.15) is 43.4 Å². The first kappa shape index (κ1) is 14.9. The van der Waals surface area contributed by atoms with Gasteiger partial charge in [0.2, 0.25) is 0 Å². The Kier molecular flexibility index (Phi) is 3.48. The Morgan fingerprint density at radius 1 is 1.12 bits per heavy atom. The average Bonchev–Trinajstić information content (AvgIpc) is 3.26. The van der Waals surface area contributed by atoms with Crippen LogP contribution >= 0.6 is 0 Å². The maximum Gasteiger partial charge on any atom is 0.298 e. The molecule has 1 atom stereocenters. The van der Waals surface area contributed by atoms with Gasteiger partial charge in [-0.25, -0.2) is 0 Å². The first-order chi connectivity index (χ1) is 12.3. The Balaban J connectivity index is 1.45. The first-order valence-corrected chi connectivity index (χ1v) is 8.91. The van der Waals surface area contributed by atoms with E-state index in [1.807, 2.05) is 24.3 Å². The van der Waals surface area contributed by atoms with Gasteiger partial charge >= 0.3 is 0 Å². The van der Waals surface area contributed by atoms with Crippen molar-refractivity contribution in [2.75, 3.05) is 24.7 Å². The Bertz CT molecular complexity index is 863. The highest BCUT2D eigenvalue weighted by molar-refractivity contribution is 5.74. The van der Waals surface area contributed by atoms with Gasteiger partial charge in [0.25, 0.3) is 6.01 Å². The fourth-order valence-corrected chi connectivity index (χ4v) is 3.94. The Morgan fingerprint density at radius 2 is 1.96 bits per heavy atom. The Morgan fingerprint density at radius 3 is 2.80 bits per heavy atom. The molecule has 1 saturated heterocycles. The second-order valence-electron chi connectivity index (χ2n) is 6.92. The summed E-state index contributed by atoms with van der Waals surface area (Å²) in [6.07, 6.45) is 2.05. The van der Waals surface area contributed by atoms with Gasteiger partial charge in [0, 0.05) is 25.7 Å². The van der Waals surface area contributed by atoms with Gasteiger partial charge in [0.05, 0.1) is 12.6 Å². The lowest BCUT2D eigenvalue weighted by Crippen LogP contribution is -2.37. The molecule has 4 heterocycles. The lowest BCUT2D eigenvalue weighted by molar-refractivity contribution is 0.0823. The molecule has 0 spiro atoms. The number of nitrogens with zero attached hydrogens (tertiary/aromatic N) is 5. The van der Waals surface area contributed by atoms with Gasteiger partial charge in [-0.1, -0.05) is 12.1 Å². The molecular weight excluding hydrogens is 318 g/mol. The molecule has 2 aliphatic heterocycles. The number of para-hydroxylation sites is 2. The molecule has 130 valence electrons. The van der Waals surface area contributed by atoms with Crippen molar-refractivity contribution in [1.82, 2.24) is 19.7 Å². The van der Waals surface area contributed by atoms with Crippen molar-refractivity contribution in [3.05, 3.63) is 35.9 Å². The van der Waals surface area contributed by atoms with E-state index in [-0.39, 0.29) is 6.04 Å². The van der Waals surface area contributed by atoms with Crippen molar-refractivity contribution in [2.24, 2.45) is 0 Å². The Hall–Kier alpha value is -2.41. The lowest BCUT2D eigenvalue weighted by atomic mass is 9.99. The van der Waals surface area contributed by atoms with Crippen molar-refractivity contribution in [3.8, 4) is 0 Å². The van der Waals surface area contributed by atoms with Crippen molar-refractivity contribution >= 4 is 17.1 Å². The van der Waals surface area contributed by atoms with Crippen LogP contribution in [0, 0.1) is 0 Å². The van der Waals surface area contributed by atoms with Crippen molar-refractivity contribution in [1.29, 1.82) is 0 Å². The molecule has 0 radical (unpaired) electrons. The monoisotopic (exact) mass is 339 g/mol. The first-order valence-electron chi connectivity index (χ1n) is 8.91. The number of oxazole rings is 1. The molecule has 0 aliphatic carbocycles. The van der Waals surface area contributed by atoms with Crippen LogP contribution in [0.25, 0.3) is 11.1 Å². The van der Waals surface area contributed by atoms with Crippen LogP contribution in [0.4, 0.5) is 6.01 Å². The van der Waals surface area contributed by atoms with E-state index in [1.54, 1.807) is 0 Å². The normalized spacial score (nSPS) is 21.6. The van der Waals surface area contributed by atoms with Crippen LogP contribution in [0.5, 0.6) is 0 Å². The third kappa shape index (κ3) is 2.50. The number of rotatable bonds is 2. The Labute approximate surface area is 145 Å². The van der Waals surface area contributed by atoms with Crippen LogP contribution in [0.3, 0.4) is 0 Å². The molecule has 7 heteroatoms. The summed E-state index contributed by atoms with van der Waals surface area (Å²) in [5, 5.41) is 9.00. The molecule has 0 amide bonds. The highest BCUT2D eigenvalue weighted by Crippen LogP contribution is 2.33. The number of hydrogen-bond acceptors (Lipinski definition) is 6. The SMILES string of the molecule is C[C@H]1CN(c2nc3ccccc3o2)Cc2nnc(C3CCOCC3)n21. The molecule has 0 bridgehead atoms. The number of anilines is 1. The van der Waals surface area contributed by atoms with Crippen LogP contribution in [-0.4, -0.2) is 39.5 Å². The van der Waals surface area contributed by atoms with Crippen LogP contribution in [-0.2, 0) is 11.3 Å². The maximum absolute atomic E-state index is 5.93. The zero-order chi connectivity index (χ0) is 16.8. The predicted octanol–water partition coefficient (Wildman–Crippen LogP) is 2.89. The number of hydrogen-bond donors (Lipinski definition) is 0. The number of aromatic nitrogens is 4. The summed E-state index contributed by atoms with van der Waals surface area (Å²) in [5.74, 6) is 2.55. The molecule has 5 rings (SSSR count). The van der Waals surface area contributed by atoms with E-state index in [1.165, 1.54) is 0 Å². The maximum atomic E-state index is 5.93. The van der Waals surface area contributed by atoms with E-state index in [9.17, 15) is 0 Å². The van der Waals surface area contributed by atoms with Crippen molar-refractivity contribution < 1.29 is 9.15 Å². The molecule has 0 unspecified atom stereocenters. The molecule has 2 aliphatic rings. The number of fused-ring (bicyclic) bond motifs is 2. The molecule has 0 N–H and O–H groups in total. The zero-order valence-corrected chi connectivity index (χ0v) is 14.3. The average molecular weight is 339 g/mol. The van der Waals surface area contributed by atoms with Gasteiger partial charge in [0.1, 0.15) is 11.3 Å². The summed E-state index contributed by atoms with van der Waals surface area (Å²) in [6, 6.07) is 8.81. The van der Waals surface area contributed by atoms with E-state index in [4.69, 9.17) is 9.15 Å². The van der Waals surface area contributed by atoms with Gasteiger partial charge in [-0.2, -0.15) is 4.98 Å². The van der Waals surface area contributed by atoms with Gasteiger partial charge in [-0.3, -0.25) is 0 Å². The summed E-state index contributed by atoms with van der Waals surface area (Å²) in [5.41, 5.74) is 1.71. The van der Waals surface area contributed by atoms with Gasteiger partial charge in [-0.05, 0) is 31.9 Å². The van der Waals surface area contributed by atoms with Crippen molar-refractivity contribution in [3.63, 3.8) is 0 Å². The minimum atomic E-state index is 0.284. The fraction of sp³-hybridized carbons (Fsp3) is 0.500. The van der Waals surface area contributed by atoms with Crippen LogP contribution in [0.15, 0.2) is 28.7 Å². The van der Waals surface area contributed by atoms with Gasteiger partial charge in [0.15, 0.2) is 11.4 Å². The number of benzene rings is 1. The minimum Gasteiger partial charge on any atom is -0.423 e. The molecule has 1 fully saturated rings. The second-order valence-corrected chi connectivity index (χ2v) is 6.92. The minimum absolute atomic E-state index is 0.284. The fourth-order valence-electron chi connectivity index (χ4n) is 3.94. The van der Waals surface area contributed by atoms with E-state index >= 15 is 0 Å². The highest BCUT2D eigenvalue weighted by atomic mass is 16.5. The highest BCUT2D eigenvalue weighted by Gasteiger charge is 2.32. The number of ether oxygens (including phenoxy) is 1. The van der Waals surface area contributed by atoms with E-state index in [0.717, 1.165) is 55.3 Å². The molecule has 0 saturated carbocycles. The second kappa shape index (κ2) is 5.84. The summed E-state index contributed by atoms with van der Waals surface area (Å²) in [4.78, 5) is 6.78. The standard InChI is InChI=1S/C18H21N5O2/c1-12-10-22(18-19-14-4-2-3-5-15(14)25-18)11-16-20-21-17(23(12)16)13-6-8-24-9-7-13/h2-5,12-13H,6-11H2,1H3/t12-/m0/s1. The van der Waals surface area contributed by atoms with Gasteiger partial charge in [-0.15, -0.1) is 10.2 Å². The molecule has 2 aromatic heterocycles. The van der Waals surface area contributed by atoms with Crippen molar-refractivity contribution in [2.45, 2.75) is 38.3 Å². The molecular formula is C18H21N5O2. The summed E-state index contributed by atoms with van der Waals surface area (Å²) in [6.45, 7) is 5.36.